The fourth-order valence-electron chi connectivity index (χ4n) is 4.49. The van der Waals surface area contributed by atoms with Gasteiger partial charge in [0, 0.05) is 0 Å². The maximum absolute atomic E-state index is 13.0. The highest BCUT2D eigenvalue weighted by molar-refractivity contribution is 7.95. The van der Waals surface area contributed by atoms with E-state index < -0.39 is 13.1 Å². The molecule has 4 heteroatoms. The highest BCUT2D eigenvalue weighted by Gasteiger charge is 2.59. The molecule has 4 aromatic carbocycles. The zero-order chi connectivity index (χ0) is 21.3. The number of hydrogen-bond acceptors (Lipinski definition) is 3. The fourth-order valence-corrected chi connectivity index (χ4v) is 9.04. The maximum atomic E-state index is 13.0. The Bertz CT molecular complexity index is 1110. The molecule has 1 aliphatic heterocycles. The van der Waals surface area contributed by atoms with Crippen molar-refractivity contribution in [2.24, 2.45) is 0 Å². The molecule has 3 nitrogen and oxygen atoms in total. The van der Waals surface area contributed by atoms with Crippen LogP contribution in [0.25, 0.3) is 0 Å². The average molecular weight is 425 g/mol. The van der Waals surface area contributed by atoms with Crippen molar-refractivity contribution in [1.82, 2.24) is 0 Å². The standard InChI is InChI=1S/C27H22O3P/c1-29-24-19-11-18-23-25(24)27(30-26(23)28)31(20-12-5-2-6-13-20,21-14-7-3-8-15-21)22-16-9-4-10-17-22/h2-19,27H,1H3/q+1/t27-/m0/s1. The van der Waals surface area contributed by atoms with Gasteiger partial charge in [-0.25, -0.2) is 4.79 Å². The van der Waals surface area contributed by atoms with E-state index in [-0.39, 0.29) is 5.97 Å². The topological polar surface area (TPSA) is 35.5 Å². The summed E-state index contributed by atoms with van der Waals surface area (Å²) in [5.74, 6) is -0.0927. The van der Waals surface area contributed by atoms with Gasteiger partial charge in [0.1, 0.15) is 21.7 Å². The SMILES string of the molecule is COc1cccc2c1[C@H]([P+](c1ccccc1)(c1ccccc1)c1ccccc1)OC2=O. The van der Waals surface area contributed by atoms with E-state index in [0.717, 1.165) is 21.5 Å². The fraction of sp³-hybridized carbons (Fsp3) is 0.0741. The lowest BCUT2D eigenvalue weighted by atomic mass is 10.1. The van der Waals surface area contributed by atoms with Crippen LogP contribution in [0.5, 0.6) is 5.75 Å². The average Bonchev–Trinajstić information content (AvgIpc) is 3.19. The van der Waals surface area contributed by atoms with Gasteiger partial charge in [-0.2, -0.15) is 0 Å². The Balaban J connectivity index is 1.91. The van der Waals surface area contributed by atoms with E-state index in [2.05, 4.69) is 72.8 Å². The van der Waals surface area contributed by atoms with E-state index in [1.165, 1.54) is 0 Å². The molecule has 0 aliphatic carbocycles. The molecule has 0 saturated heterocycles. The van der Waals surface area contributed by atoms with E-state index in [9.17, 15) is 4.79 Å². The number of carbonyl (C=O) groups is 1. The van der Waals surface area contributed by atoms with Gasteiger partial charge in [-0.1, -0.05) is 60.7 Å². The minimum absolute atomic E-state index is 0.300. The normalized spacial score (nSPS) is 15.3. The van der Waals surface area contributed by atoms with Crippen LogP contribution in [0.15, 0.2) is 109 Å². The van der Waals surface area contributed by atoms with Crippen molar-refractivity contribution in [3.05, 3.63) is 120 Å². The number of benzene rings is 4. The van der Waals surface area contributed by atoms with Crippen molar-refractivity contribution >= 4 is 29.1 Å². The molecule has 0 fully saturated rings. The number of esters is 1. The lowest BCUT2D eigenvalue weighted by Crippen LogP contribution is -2.35. The molecule has 0 spiro atoms. The quantitative estimate of drug-likeness (QED) is 0.339. The van der Waals surface area contributed by atoms with Crippen LogP contribution < -0.4 is 20.7 Å². The van der Waals surface area contributed by atoms with Crippen molar-refractivity contribution < 1.29 is 14.3 Å². The number of methoxy groups -OCH3 is 1. The van der Waals surface area contributed by atoms with Gasteiger partial charge in [-0.05, 0) is 48.5 Å². The van der Waals surface area contributed by atoms with E-state index in [4.69, 9.17) is 9.47 Å². The van der Waals surface area contributed by atoms with Crippen LogP contribution in [0.2, 0.25) is 0 Å². The predicted octanol–water partition coefficient (Wildman–Crippen LogP) is 4.86. The summed E-state index contributed by atoms with van der Waals surface area (Å²) in [6, 6.07) is 36.8. The number of carbonyl (C=O) groups excluding carboxylic acids is 1. The van der Waals surface area contributed by atoms with Gasteiger partial charge in [-0.15, -0.1) is 0 Å². The van der Waals surface area contributed by atoms with Gasteiger partial charge in [-0.3, -0.25) is 0 Å². The molecular weight excluding hydrogens is 403 g/mol. The summed E-state index contributed by atoms with van der Waals surface area (Å²) < 4.78 is 12.0. The minimum atomic E-state index is -2.43. The summed E-state index contributed by atoms with van der Waals surface area (Å²) in [4.78, 5) is 13.0. The van der Waals surface area contributed by atoms with Gasteiger partial charge in [0.25, 0.3) is 5.85 Å². The van der Waals surface area contributed by atoms with Crippen LogP contribution >= 0.6 is 7.26 Å². The monoisotopic (exact) mass is 425 g/mol. The van der Waals surface area contributed by atoms with Crippen molar-refractivity contribution in [2.45, 2.75) is 5.85 Å². The first-order chi connectivity index (χ1) is 15.3. The van der Waals surface area contributed by atoms with Gasteiger partial charge >= 0.3 is 5.97 Å². The third-order valence-electron chi connectivity index (χ3n) is 5.81. The molecule has 0 radical (unpaired) electrons. The van der Waals surface area contributed by atoms with E-state index in [0.29, 0.717) is 11.3 Å². The summed E-state index contributed by atoms with van der Waals surface area (Å²) in [5, 5.41) is 3.47. The van der Waals surface area contributed by atoms with Gasteiger partial charge in [0.05, 0.1) is 18.2 Å². The summed E-state index contributed by atoms with van der Waals surface area (Å²) >= 11 is 0. The lowest BCUT2D eigenvalue weighted by molar-refractivity contribution is 0.0513. The summed E-state index contributed by atoms with van der Waals surface area (Å²) in [7, 11) is -0.792. The smallest absolute Gasteiger partial charge is 0.342 e. The van der Waals surface area contributed by atoms with Crippen LogP contribution in [0.3, 0.4) is 0 Å². The second-order valence-corrected chi connectivity index (χ2v) is 10.9. The van der Waals surface area contributed by atoms with Crippen molar-refractivity contribution in [3.63, 3.8) is 0 Å². The van der Waals surface area contributed by atoms with Crippen LogP contribution in [-0.2, 0) is 4.74 Å². The molecule has 1 atom stereocenters. The molecule has 0 N–H and O–H groups in total. The number of ether oxygens (including phenoxy) is 2. The van der Waals surface area contributed by atoms with Crippen LogP contribution in [0.1, 0.15) is 21.8 Å². The van der Waals surface area contributed by atoms with Gasteiger partial charge in [0.2, 0.25) is 0 Å². The Morgan fingerprint density at radius 2 is 1.16 bits per heavy atom. The highest BCUT2D eigenvalue weighted by Crippen LogP contribution is 2.70. The second-order valence-electron chi connectivity index (χ2n) is 7.41. The maximum Gasteiger partial charge on any atom is 0.342 e. The Labute approximate surface area is 182 Å². The first-order valence-corrected chi connectivity index (χ1v) is 12.1. The Hall–Kier alpha value is -3.42. The predicted molar refractivity (Wildman–Crippen MR) is 126 cm³/mol. The van der Waals surface area contributed by atoms with Crippen molar-refractivity contribution in [2.75, 3.05) is 7.11 Å². The molecule has 31 heavy (non-hydrogen) atoms. The Kier molecular flexibility index (Phi) is 5.05. The summed E-state index contributed by atoms with van der Waals surface area (Å²) in [6.07, 6.45) is 0. The zero-order valence-corrected chi connectivity index (χ0v) is 18.0. The Morgan fingerprint density at radius 3 is 1.61 bits per heavy atom. The van der Waals surface area contributed by atoms with E-state index in [1.807, 2.05) is 36.4 Å². The van der Waals surface area contributed by atoms with E-state index >= 15 is 0 Å². The molecule has 0 bridgehead atoms. The molecule has 4 aromatic rings. The lowest BCUT2D eigenvalue weighted by Gasteiger charge is -2.32. The van der Waals surface area contributed by atoms with Crippen LogP contribution in [-0.4, -0.2) is 13.1 Å². The first kappa shape index (κ1) is 19.5. The largest absolute Gasteiger partial charge is 0.496 e. The number of hydrogen-bond donors (Lipinski definition) is 0. The Morgan fingerprint density at radius 1 is 0.677 bits per heavy atom. The number of cyclic esters (lactones) is 1. The molecular formula is C27H22O3P+. The summed E-state index contributed by atoms with van der Waals surface area (Å²) in [5.41, 5.74) is 1.41. The first-order valence-electron chi connectivity index (χ1n) is 10.2. The molecule has 5 rings (SSSR count). The van der Waals surface area contributed by atoms with Crippen molar-refractivity contribution in [1.29, 1.82) is 0 Å². The molecule has 0 aromatic heterocycles. The molecule has 1 heterocycles. The molecule has 0 unspecified atom stereocenters. The number of fused-ring (bicyclic) bond motifs is 1. The van der Waals surface area contributed by atoms with Gasteiger partial charge in [0.15, 0.2) is 7.26 Å². The van der Waals surface area contributed by atoms with E-state index in [1.54, 1.807) is 7.11 Å². The molecule has 0 saturated carbocycles. The second kappa shape index (κ2) is 8.02. The third kappa shape index (κ3) is 3.05. The molecule has 1 aliphatic rings. The highest BCUT2D eigenvalue weighted by atomic mass is 31.2. The third-order valence-corrected chi connectivity index (χ3v) is 10.2. The van der Waals surface area contributed by atoms with Crippen molar-refractivity contribution in [3.8, 4) is 5.75 Å². The van der Waals surface area contributed by atoms with Crippen LogP contribution in [0.4, 0.5) is 0 Å². The zero-order valence-electron chi connectivity index (χ0n) is 17.1. The van der Waals surface area contributed by atoms with Crippen LogP contribution in [0, 0.1) is 0 Å². The van der Waals surface area contributed by atoms with Gasteiger partial charge < -0.3 is 9.47 Å². The minimum Gasteiger partial charge on any atom is -0.496 e. The number of rotatable bonds is 5. The molecule has 152 valence electrons. The molecule has 0 amide bonds. The summed E-state index contributed by atoms with van der Waals surface area (Å²) in [6.45, 7) is 0.